The normalized spacial score (nSPS) is 21.7. The SMILES string of the molecule is CC1CCCN(C(=O)Cc2ccc3c(c2)CCC(=O)N3)C1. The number of hydrogen-bond donors (Lipinski definition) is 1. The van der Waals surface area contributed by atoms with Crippen LogP contribution in [0.5, 0.6) is 0 Å². The van der Waals surface area contributed by atoms with E-state index in [0.29, 0.717) is 18.8 Å². The zero-order valence-electron chi connectivity index (χ0n) is 12.5. The van der Waals surface area contributed by atoms with E-state index in [4.69, 9.17) is 0 Å². The number of carbonyl (C=O) groups is 2. The first kappa shape index (κ1) is 14.1. The molecule has 2 heterocycles. The number of benzene rings is 1. The molecule has 4 heteroatoms. The monoisotopic (exact) mass is 286 g/mol. The van der Waals surface area contributed by atoms with Gasteiger partial charge in [0.1, 0.15) is 0 Å². The summed E-state index contributed by atoms with van der Waals surface area (Å²) in [6.07, 6.45) is 4.11. The Morgan fingerprint density at radius 1 is 1.38 bits per heavy atom. The number of anilines is 1. The fourth-order valence-electron chi connectivity index (χ4n) is 3.25. The number of fused-ring (bicyclic) bond motifs is 1. The lowest BCUT2D eigenvalue weighted by Gasteiger charge is -2.31. The van der Waals surface area contributed by atoms with Gasteiger partial charge in [0.15, 0.2) is 0 Å². The Hall–Kier alpha value is -1.84. The van der Waals surface area contributed by atoms with Crippen LogP contribution in [0.4, 0.5) is 5.69 Å². The third-order valence-corrected chi connectivity index (χ3v) is 4.43. The van der Waals surface area contributed by atoms with Gasteiger partial charge in [-0.1, -0.05) is 19.1 Å². The summed E-state index contributed by atoms with van der Waals surface area (Å²) in [5.41, 5.74) is 3.09. The molecule has 1 atom stereocenters. The highest BCUT2D eigenvalue weighted by molar-refractivity contribution is 5.94. The Morgan fingerprint density at radius 2 is 2.24 bits per heavy atom. The first-order valence-corrected chi connectivity index (χ1v) is 7.81. The van der Waals surface area contributed by atoms with E-state index in [0.717, 1.165) is 42.7 Å². The summed E-state index contributed by atoms with van der Waals surface area (Å²) in [5.74, 6) is 0.913. The van der Waals surface area contributed by atoms with Gasteiger partial charge in [-0.05, 0) is 42.4 Å². The second kappa shape index (κ2) is 5.88. The number of carbonyl (C=O) groups excluding carboxylic acids is 2. The molecule has 2 amide bonds. The van der Waals surface area contributed by atoms with Crippen LogP contribution in [0.15, 0.2) is 18.2 Å². The van der Waals surface area contributed by atoms with Crippen molar-refractivity contribution in [2.75, 3.05) is 18.4 Å². The largest absolute Gasteiger partial charge is 0.342 e. The first-order chi connectivity index (χ1) is 10.1. The fraction of sp³-hybridized carbons (Fsp3) is 0.529. The molecule has 0 saturated carbocycles. The first-order valence-electron chi connectivity index (χ1n) is 7.81. The van der Waals surface area contributed by atoms with Gasteiger partial charge in [-0.3, -0.25) is 9.59 Å². The highest BCUT2D eigenvalue weighted by Crippen LogP contribution is 2.24. The molecule has 112 valence electrons. The van der Waals surface area contributed by atoms with Crippen molar-refractivity contribution in [3.63, 3.8) is 0 Å². The maximum absolute atomic E-state index is 12.4. The molecule has 0 aliphatic carbocycles. The topological polar surface area (TPSA) is 49.4 Å². The summed E-state index contributed by atoms with van der Waals surface area (Å²) in [7, 11) is 0. The van der Waals surface area contributed by atoms with Crippen LogP contribution in [-0.4, -0.2) is 29.8 Å². The molecule has 0 spiro atoms. The minimum absolute atomic E-state index is 0.0774. The summed E-state index contributed by atoms with van der Waals surface area (Å²) in [6, 6.07) is 5.95. The van der Waals surface area contributed by atoms with Gasteiger partial charge in [0.05, 0.1) is 6.42 Å². The lowest BCUT2D eigenvalue weighted by Crippen LogP contribution is -2.39. The molecule has 21 heavy (non-hydrogen) atoms. The van der Waals surface area contributed by atoms with E-state index >= 15 is 0 Å². The van der Waals surface area contributed by atoms with Crippen molar-refractivity contribution in [1.82, 2.24) is 4.90 Å². The molecule has 0 radical (unpaired) electrons. The highest BCUT2D eigenvalue weighted by atomic mass is 16.2. The molecule has 2 aliphatic heterocycles. The number of hydrogen-bond acceptors (Lipinski definition) is 2. The van der Waals surface area contributed by atoms with Crippen LogP contribution in [0.3, 0.4) is 0 Å². The second-order valence-corrected chi connectivity index (χ2v) is 6.30. The third kappa shape index (κ3) is 3.26. The maximum atomic E-state index is 12.4. The molecule has 1 aromatic rings. The van der Waals surface area contributed by atoms with Gasteiger partial charge in [0.25, 0.3) is 0 Å². The van der Waals surface area contributed by atoms with Gasteiger partial charge < -0.3 is 10.2 Å². The summed E-state index contributed by atoms with van der Waals surface area (Å²) in [5, 5.41) is 2.88. The fourth-order valence-corrected chi connectivity index (χ4v) is 3.25. The minimum atomic E-state index is 0.0774. The molecule has 3 rings (SSSR count). The molecular weight excluding hydrogens is 264 g/mol. The summed E-state index contributed by atoms with van der Waals surface area (Å²) < 4.78 is 0. The van der Waals surface area contributed by atoms with E-state index in [1.165, 1.54) is 6.42 Å². The number of aryl methyl sites for hydroxylation is 1. The van der Waals surface area contributed by atoms with Crippen LogP contribution < -0.4 is 5.32 Å². The zero-order valence-corrected chi connectivity index (χ0v) is 12.5. The van der Waals surface area contributed by atoms with Crippen LogP contribution >= 0.6 is 0 Å². The maximum Gasteiger partial charge on any atom is 0.226 e. The predicted octanol–water partition coefficient (Wildman–Crippen LogP) is 2.37. The van der Waals surface area contributed by atoms with Gasteiger partial charge in [0, 0.05) is 25.2 Å². The molecule has 0 bridgehead atoms. The number of nitrogens with zero attached hydrogens (tertiary/aromatic N) is 1. The van der Waals surface area contributed by atoms with Crippen molar-refractivity contribution < 1.29 is 9.59 Å². The van der Waals surface area contributed by atoms with Crippen LogP contribution in [0.1, 0.15) is 37.3 Å². The lowest BCUT2D eigenvalue weighted by atomic mass is 9.97. The average molecular weight is 286 g/mol. The Kier molecular flexibility index (Phi) is 3.95. The van der Waals surface area contributed by atoms with Crippen molar-refractivity contribution >= 4 is 17.5 Å². The van der Waals surface area contributed by atoms with Gasteiger partial charge in [-0.2, -0.15) is 0 Å². The summed E-state index contributed by atoms with van der Waals surface area (Å²) in [4.78, 5) is 25.7. The average Bonchev–Trinajstić information content (AvgIpc) is 2.47. The summed E-state index contributed by atoms with van der Waals surface area (Å²) in [6.45, 7) is 3.99. The van der Waals surface area contributed by atoms with E-state index in [2.05, 4.69) is 18.3 Å². The number of piperidine rings is 1. The number of rotatable bonds is 2. The Morgan fingerprint density at radius 3 is 3.05 bits per heavy atom. The van der Waals surface area contributed by atoms with Crippen molar-refractivity contribution in [2.24, 2.45) is 5.92 Å². The Balaban J connectivity index is 1.67. The highest BCUT2D eigenvalue weighted by Gasteiger charge is 2.21. The smallest absolute Gasteiger partial charge is 0.226 e. The molecular formula is C17H22N2O2. The molecule has 1 N–H and O–H groups in total. The molecule has 1 aromatic carbocycles. The number of nitrogens with one attached hydrogen (secondary N) is 1. The van der Waals surface area contributed by atoms with Gasteiger partial charge in [0.2, 0.25) is 11.8 Å². The van der Waals surface area contributed by atoms with Crippen molar-refractivity contribution in [3.8, 4) is 0 Å². The van der Waals surface area contributed by atoms with Gasteiger partial charge in [-0.25, -0.2) is 0 Å². The molecule has 2 aliphatic rings. The van der Waals surface area contributed by atoms with E-state index in [1.54, 1.807) is 0 Å². The number of amides is 2. The summed E-state index contributed by atoms with van der Waals surface area (Å²) >= 11 is 0. The molecule has 0 aromatic heterocycles. The Bertz CT molecular complexity index is 568. The van der Waals surface area contributed by atoms with Crippen LogP contribution in [-0.2, 0) is 22.4 Å². The van der Waals surface area contributed by atoms with Crippen LogP contribution in [0.2, 0.25) is 0 Å². The lowest BCUT2D eigenvalue weighted by molar-refractivity contribution is -0.132. The molecule has 1 fully saturated rings. The standard InChI is InChI=1S/C17H22N2O2/c1-12-3-2-8-19(11-12)17(21)10-13-4-6-15-14(9-13)5-7-16(20)18-15/h4,6,9,12H,2-3,5,7-8,10-11H2,1H3,(H,18,20). The zero-order chi connectivity index (χ0) is 14.8. The third-order valence-electron chi connectivity index (χ3n) is 4.43. The molecule has 1 unspecified atom stereocenters. The van der Waals surface area contributed by atoms with Crippen molar-refractivity contribution in [2.45, 2.75) is 39.0 Å². The van der Waals surface area contributed by atoms with Crippen LogP contribution in [0.25, 0.3) is 0 Å². The van der Waals surface area contributed by atoms with E-state index in [1.807, 2.05) is 17.0 Å². The van der Waals surface area contributed by atoms with E-state index in [-0.39, 0.29) is 11.8 Å². The quantitative estimate of drug-likeness (QED) is 0.907. The Labute approximate surface area is 125 Å². The second-order valence-electron chi connectivity index (χ2n) is 6.30. The van der Waals surface area contributed by atoms with Crippen molar-refractivity contribution in [3.05, 3.63) is 29.3 Å². The van der Waals surface area contributed by atoms with E-state index in [9.17, 15) is 9.59 Å². The van der Waals surface area contributed by atoms with E-state index < -0.39 is 0 Å². The molecule has 1 saturated heterocycles. The predicted molar refractivity (Wildman–Crippen MR) is 82.1 cm³/mol. The van der Waals surface area contributed by atoms with Gasteiger partial charge >= 0.3 is 0 Å². The minimum Gasteiger partial charge on any atom is -0.342 e. The van der Waals surface area contributed by atoms with Crippen molar-refractivity contribution in [1.29, 1.82) is 0 Å². The molecule has 4 nitrogen and oxygen atoms in total. The van der Waals surface area contributed by atoms with Gasteiger partial charge in [-0.15, -0.1) is 0 Å². The number of likely N-dealkylation sites (tertiary alicyclic amines) is 1. The van der Waals surface area contributed by atoms with Crippen LogP contribution in [0, 0.1) is 5.92 Å².